The second-order valence-electron chi connectivity index (χ2n) is 12.2. The van der Waals surface area contributed by atoms with Gasteiger partial charge in [-0.3, -0.25) is 4.79 Å². The van der Waals surface area contributed by atoms with Crippen molar-refractivity contribution in [3.63, 3.8) is 0 Å². The van der Waals surface area contributed by atoms with E-state index < -0.39 is 0 Å². The summed E-state index contributed by atoms with van der Waals surface area (Å²) in [6, 6.07) is 6.21. The molecule has 1 aromatic rings. The first-order valence-corrected chi connectivity index (χ1v) is 11.1. The van der Waals surface area contributed by atoms with Gasteiger partial charge in [0, 0.05) is 27.7 Å². The average Bonchev–Trinajstić information content (AvgIpc) is 2.48. The molecular weight excluding hydrogens is 358 g/mol. The molecule has 0 spiro atoms. The van der Waals surface area contributed by atoms with Crippen LogP contribution in [0.2, 0.25) is 0 Å². The van der Waals surface area contributed by atoms with Crippen LogP contribution in [-0.2, 0) is 0 Å². The lowest BCUT2D eigenvalue weighted by molar-refractivity contribution is 0.0995. The second-order valence-corrected chi connectivity index (χ2v) is 12.2. The molecule has 162 valence electrons. The number of nitrogens with two attached hydrogens (primary N) is 1. The smallest absolute Gasteiger partial charge is 0.248 e. The highest BCUT2D eigenvalue weighted by molar-refractivity contribution is 5.95. The largest absolute Gasteiger partial charge is 0.366 e. The molecule has 2 fully saturated rings. The number of hydrogen-bond acceptors (Lipinski definition) is 3. The van der Waals surface area contributed by atoms with Crippen molar-refractivity contribution in [2.24, 2.45) is 5.73 Å². The Hall–Kier alpha value is -1.39. The van der Waals surface area contributed by atoms with E-state index in [-0.39, 0.29) is 28.1 Å². The molecule has 2 heterocycles. The number of carbonyl (C=O) groups is 1. The summed E-state index contributed by atoms with van der Waals surface area (Å²) in [5.41, 5.74) is 9.30. The van der Waals surface area contributed by atoms with Crippen LogP contribution in [0.15, 0.2) is 18.2 Å². The summed E-state index contributed by atoms with van der Waals surface area (Å²) < 4.78 is 0. The summed E-state index contributed by atoms with van der Waals surface area (Å²) in [6.07, 6.45) is 4.13. The highest BCUT2D eigenvalue weighted by atomic mass is 16.1. The number of rotatable bonds is 3. The SMILES string of the molecule is CC1(C)CC(c2cccc(C(N)=O)c2C2CC(C)(C)NC(C)(C)C2)CC(C)(C)N1. The van der Waals surface area contributed by atoms with Crippen molar-refractivity contribution in [1.29, 1.82) is 0 Å². The van der Waals surface area contributed by atoms with Gasteiger partial charge in [0.25, 0.3) is 0 Å². The molecule has 4 nitrogen and oxygen atoms in total. The fraction of sp³-hybridized carbons (Fsp3) is 0.720. The fourth-order valence-corrected chi connectivity index (χ4v) is 6.68. The van der Waals surface area contributed by atoms with E-state index in [4.69, 9.17) is 5.73 Å². The van der Waals surface area contributed by atoms with E-state index in [1.165, 1.54) is 11.1 Å². The van der Waals surface area contributed by atoms with E-state index in [0.717, 1.165) is 31.2 Å². The number of amides is 1. The Morgan fingerprint density at radius 2 is 1.21 bits per heavy atom. The quantitative estimate of drug-likeness (QED) is 0.682. The maximum atomic E-state index is 12.5. The zero-order valence-electron chi connectivity index (χ0n) is 19.7. The predicted molar refractivity (Wildman–Crippen MR) is 121 cm³/mol. The molecule has 4 heteroatoms. The maximum Gasteiger partial charge on any atom is 0.248 e. The maximum absolute atomic E-state index is 12.5. The van der Waals surface area contributed by atoms with Gasteiger partial charge in [-0.2, -0.15) is 0 Å². The van der Waals surface area contributed by atoms with Gasteiger partial charge >= 0.3 is 0 Å². The van der Waals surface area contributed by atoms with Crippen LogP contribution < -0.4 is 16.4 Å². The molecular formula is C25H41N3O. The van der Waals surface area contributed by atoms with Gasteiger partial charge in [-0.25, -0.2) is 0 Å². The molecule has 29 heavy (non-hydrogen) atoms. The van der Waals surface area contributed by atoms with Crippen LogP contribution in [0, 0.1) is 0 Å². The fourth-order valence-electron chi connectivity index (χ4n) is 6.68. The van der Waals surface area contributed by atoms with Crippen molar-refractivity contribution in [2.75, 3.05) is 0 Å². The Bertz CT molecular complexity index is 759. The van der Waals surface area contributed by atoms with Gasteiger partial charge < -0.3 is 16.4 Å². The first-order valence-electron chi connectivity index (χ1n) is 11.1. The van der Waals surface area contributed by atoms with Crippen LogP contribution in [0.5, 0.6) is 0 Å². The van der Waals surface area contributed by atoms with Crippen molar-refractivity contribution in [1.82, 2.24) is 10.6 Å². The third-order valence-corrected chi connectivity index (χ3v) is 6.63. The van der Waals surface area contributed by atoms with E-state index in [1.807, 2.05) is 12.1 Å². The molecule has 2 saturated heterocycles. The van der Waals surface area contributed by atoms with Crippen molar-refractivity contribution < 1.29 is 4.79 Å². The van der Waals surface area contributed by atoms with E-state index in [9.17, 15) is 4.79 Å². The van der Waals surface area contributed by atoms with Crippen molar-refractivity contribution in [2.45, 2.75) is 115 Å². The van der Waals surface area contributed by atoms with Crippen LogP contribution in [0.1, 0.15) is 114 Å². The molecule has 0 bridgehead atoms. The van der Waals surface area contributed by atoms with E-state index in [0.29, 0.717) is 11.8 Å². The predicted octanol–water partition coefficient (Wildman–Crippen LogP) is 4.83. The van der Waals surface area contributed by atoms with Gasteiger partial charge in [-0.1, -0.05) is 12.1 Å². The zero-order chi connectivity index (χ0) is 21.8. The van der Waals surface area contributed by atoms with Crippen LogP contribution in [0.4, 0.5) is 0 Å². The monoisotopic (exact) mass is 399 g/mol. The molecule has 3 rings (SSSR count). The summed E-state index contributed by atoms with van der Waals surface area (Å²) in [5.74, 6) is 0.432. The Morgan fingerprint density at radius 3 is 1.62 bits per heavy atom. The molecule has 2 aliphatic rings. The lowest BCUT2D eigenvalue weighted by atomic mass is 9.67. The highest BCUT2D eigenvalue weighted by Gasteiger charge is 2.43. The van der Waals surface area contributed by atoms with Crippen molar-refractivity contribution in [3.05, 3.63) is 34.9 Å². The van der Waals surface area contributed by atoms with Gasteiger partial charge in [-0.15, -0.1) is 0 Å². The number of nitrogens with one attached hydrogen (secondary N) is 2. The highest BCUT2D eigenvalue weighted by Crippen LogP contribution is 2.47. The van der Waals surface area contributed by atoms with Gasteiger partial charge in [0.2, 0.25) is 5.91 Å². The van der Waals surface area contributed by atoms with Gasteiger partial charge in [-0.05, 0) is 110 Å². The average molecular weight is 400 g/mol. The number of benzene rings is 1. The minimum atomic E-state index is -0.302. The van der Waals surface area contributed by atoms with Crippen LogP contribution >= 0.6 is 0 Å². The molecule has 4 N–H and O–H groups in total. The second kappa shape index (κ2) is 7.09. The lowest BCUT2D eigenvalue weighted by Crippen LogP contribution is -2.58. The Morgan fingerprint density at radius 1 is 0.793 bits per heavy atom. The number of primary amides is 1. The van der Waals surface area contributed by atoms with Crippen LogP contribution in [-0.4, -0.2) is 28.1 Å². The Labute approximate surface area is 177 Å². The number of carbonyl (C=O) groups excluding carboxylic acids is 1. The number of piperidine rings is 2. The van der Waals surface area contributed by atoms with Crippen LogP contribution in [0.25, 0.3) is 0 Å². The standard InChI is InChI=1S/C25H41N3O/c1-22(2)12-16(13-23(3,4)27-22)18-10-9-11-19(21(26)29)20(18)17-14-24(5,6)28-25(7,8)15-17/h9-11,16-17,27-28H,12-15H2,1-8H3,(H2,26,29). The molecule has 0 aromatic heterocycles. The summed E-state index contributed by atoms with van der Waals surface area (Å²) in [6.45, 7) is 18.2. The molecule has 0 radical (unpaired) electrons. The Kier molecular flexibility index (Phi) is 5.45. The van der Waals surface area contributed by atoms with Gasteiger partial charge in [0.05, 0.1) is 0 Å². The Balaban J connectivity index is 2.12. The van der Waals surface area contributed by atoms with E-state index in [1.54, 1.807) is 0 Å². The summed E-state index contributed by atoms with van der Waals surface area (Å²) >= 11 is 0. The number of hydrogen-bond donors (Lipinski definition) is 3. The third kappa shape index (κ3) is 5.03. The van der Waals surface area contributed by atoms with Gasteiger partial charge in [0.1, 0.15) is 0 Å². The van der Waals surface area contributed by atoms with E-state index >= 15 is 0 Å². The normalized spacial score (nSPS) is 26.2. The third-order valence-electron chi connectivity index (χ3n) is 6.63. The first-order chi connectivity index (χ1) is 13.1. The topological polar surface area (TPSA) is 67.2 Å². The van der Waals surface area contributed by atoms with Crippen molar-refractivity contribution in [3.8, 4) is 0 Å². The summed E-state index contributed by atoms with van der Waals surface area (Å²) in [4.78, 5) is 12.5. The summed E-state index contributed by atoms with van der Waals surface area (Å²) in [7, 11) is 0. The van der Waals surface area contributed by atoms with Crippen LogP contribution in [0.3, 0.4) is 0 Å². The first kappa shape index (κ1) is 22.3. The summed E-state index contributed by atoms with van der Waals surface area (Å²) in [5, 5.41) is 7.57. The molecule has 1 aromatic carbocycles. The molecule has 1 amide bonds. The molecule has 0 atom stereocenters. The molecule has 0 unspecified atom stereocenters. The minimum Gasteiger partial charge on any atom is -0.366 e. The molecule has 2 aliphatic heterocycles. The van der Waals surface area contributed by atoms with E-state index in [2.05, 4.69) is 72.1 Å². The minimum absolute atomic E-state index is 0.0150. The lowest BCUT2D eigenvalue weighted by Gasteiger charge is -2.49. The molecule has 0 saturated carbocycles. The van der Waals surface area contributed by atoms with Gasteiger partial charge in [0.15, 0.2) is 0 Å². The molecule has 0 aliphatic carbocycles. The van der Waals surface area contributed by atoms with Crippen molar-refractivity contribution >= 4 is 5.91 Å². The zero-order valence-corrected chi connectivity index (χ0v) is 19.7.